The Morgan fingerprint density at radius 2 is 2.15 bits per heavy atom. The lowest BCUT2D eigenvalue weighted by atomic mass is 9.64. The third-order valence-electron chi connectivity index (χ3n) is 5.12. The van der Waals surface area contributed by atoms with Crippen molar-refractivity contribution in [1.82, 2.24) is 0 Å². The van der Waals surface area contributed by atoms with Crippen molar-refractivity contribution >= 4 is 11.9 Å². The molecule has 3 aliphatic rings. The van der Waals surface area contributed by atoms with Crippen LogP contribution in [0.25, 0.3) is 0 Å². The molecule has 5 heteroatoms. The van der Waals surface area contributed by atoms with Gasteiger partial charge in [0, 0.05) is 5.92 Å². The van der Waals surface area contributed by atoms with Gasteiger partial charge in [-0.1, -0.05) is 0 Å². The second-order valence-corrected chi connectivity index (χ2v) is 7.47. The van der Waals surface area contributed by atoms with Gasteiger partial charge in [-0.05, 0) is 40.5 Å². The summed E-state index contributed by atoms with van der Waals surface area (Å²) in [4.78, 5) is 24.0. The minimum atomic E-state index is -0.563. The summed E-state index contributed by atoms with van der Waals surface area (Å²) in [6.45, 7) is 7.99. The molecule has 3 saturated heterocycles. The quantitative estimate of drug-likeness (QED) is 0.721. The maximum absolute atomic E-state index is 12.0. The number of carbonyl (C=O) groups is 2. The molecule has 3 heterocycles. The van der Waals surface area contributed by atoms with Crippen molar-refractivity contribution in [3.05, 3.63) is 0 Å². The Labute approximate surface area is 118 Å². The number of hydrogen-bond donors (Lipinski definition) is 0. The topological polar surface area (TPSA) is 61.8 Å². The molecule has 0 amide bonds. The Morgan fingerprint density at radius 1 is 1.45 bits per heavy atom. The maximum atomic E-state index is 12.0. The zero-order valence-electron chi connectivity index (χ0n) is 12.5. The van der Waals surface area contributed by atoms with E-state index in [0.717, 1.165) is 12.8 Å². The van der Waals surface area contributed by atoms with E-state index >= 15 is 0 Å². The highest BCUT2D eigenvalue weighted by Gasteiger charge is 2.72. The van der Waals surface area contributed by atoms with Crippen LogP contribution < -0.4 is 0 Å². The average molecular weight is 282 g/mol. The molecule has 0 aromatic carbocycles. The Morgan fingerprint density at radius 3 is 2.80 bits per heavy atom. The Hall–Kier alpha value is -1.10. The molecule has 4 atom stereocenters. The zero-order chi connectivity index (χ0) is 14.8. The van der Waals surface area contributed by atoms with Crippen LogP contribution in [0.2, 0.25) is 0 Å². The summed E-state index contributed by atoms with van der Waals surface area (Å²) in [7, 11) is 0. The molecule has 0 aromatic heterocycles. The fourth-order valence-electron chi connectivity index (χ4n) is 3.75. The van der Waals surface area contributed by atoms with Gasteiger partial charge in [0.25, 0.3) is 0 Å². The first-order chi connectivity index (χ1) is 9.20. The molecule has 0 spiro atoms. The van der Waals surface area contributed by atoms with E-state index in [2.05, 4.69) is 0 Å². The van der Waals surface area contributed by atoms with E-state index in [4.69, 9.17) is 14.2 Å². The fraction of sp³-hybridized carbons (Fsp3) is 0.867. The monoisotopic (exact) mass is 282 g/mol. The Bertz CT molecular complexity index is 465. The summed E-state index contributed by atoms with van der Waals surface area (Å²) in [6.07, 6.45) is 1.55. The van der Waals surface area contributed by atoms with Crippen molar-refractivity contribution < 1.29 is 23.8 Å². The van der Waals surface area contributed by atoms with Crippen LogP contribution in [0.15, 0.2) is 0 Å². The van der Waals surface area contributed by atoms with Gasteiger partial charge in [-0.25, -0.2) is 0 Å². The van der Waals surface area contributed by atoms with E-state index in [1.54, 1.807) is 0 Å². The number of fused-ring (bicyclic) bond motifs is 5. The lowest BCUT2D eigenvalue weighted by Gasteiger charge is -2.34. The van der Waals surface area contributed by atoms with E-state index in [1.165, 1.54) is 0 Å². The van der Waals surface area contributed by atoms with Gasteiger partial charge >= 0.3 is 11.9 Å². The van der Waals surface area contributed by atoms with E-state index in [9.17, 15) is 9.59 Å². The first-order valence-corrected chi connectivity index (χ1v) is 7.22. The molecule has 0 unspecified atom stereocenters. The Balaban J connectivity index is 1.77. The molecule has 20 heavy (non-hydrogen) atoms. The highest BCUT2D eigenvalue weighted by Crippen LogP contribution is 2.61. The summed E-state index contributed by atoms with van der Waals surface area (Å²) in [5.41, 5.74) is -1.63. The number of cyclic esters (lactones) is 1. The van der Waals surface area contributed by atoms with Crippen LogP contribution >= 0.6 is 0 Å². The molecule has 5 nitrogen and oxygen atoms in total. The van der Waals surface area contributed by atoms with E-state index in [1.807, 2.05) is 27.7 Å². The van der Waals surface area contributed by atoms with Gasteiger partial charge in [-0.2, -0.15) is 0 Å². The van der Waals surface area contributed by atoms with Crippen molar-refractivity contribution in [2.75, 3.05) is 13.2 Å². The molecule has 0 saturated carbocycles. The summed E-state index contributed by atoms with van der Waals surface area (Å²) >= 11 is 0. The highest BCUT2D eigenvalue weighted by atomic mass is 16.6. The van der Waals surface area contributed by atoms with E-state index in [-0.39, 0.29) is 30.6 Å². The summed E-state index contributed by atoms with van der Waals surface area (Å²) in [5.74, 6) is -0.414. The van der Waals surface area contributed by atoms with Gasteiger partial charge in [-0.15, -0.1) is 0 Å². The second kappa shape index (κ2) is 3.97. The Kier molecular flexibility index (Phi) is 2.75. The number of rotatable bonds is 2. The third kappa shape index (κ3) is 1.65. The second-order valence-electron chi connectivity index (χ2n) is 7.47. The molecule has 3 fully saturated rings. The lowest BCUT2D eigenvalue weighted by molar-refractivity contribution is -0.164. The molecule has 112 valence electrons. The van der Waals surface area contributed by atoms with Crippen molar-refractivity contribution in [3.8, 4) is 0 Å². The van der Waals surface area contributed by atoms with Gasteiger partial charge in [0.05, 0.1) is 18.1 Å². The van der Waals surface area contributed by atoms with Gasteiger partial charge in [-0.3, -0.25) is 9.59 Å². The number of hydrogen-bond acceptors (Lipinski definition) is 5. The van der Waals surface area contributed by atoms with Gasteiger partial charge in [0.2, 0.25) is 0 Å². The van der Waals surface area contributed by atoms with Gasteiger partial charge < -0.3 is 14.2 Å². The number of esters is 2. The first kappa shape index (κ1) is 13.9. The molecule has 3 aliphatic heterocycles. The van der Waals surface area contributed by atoms with Crippen LogP contribution in [0.5, 0.6) is 0 Å². The highest BCUT2D eigenvalue weighted by molar-refractivity contribution is 5.81. The van der Waals surface area contributed by atoms with Gasteiger partial charge in [0.1, 0.15) is 17.6 Å². The van der Waals surface area contributed by atoms with Crippen LogP contribution in [-0.2, 0) is 23.8 Å². The lowest BCUT2D eigenvalue weighted by Crippen LogP contribution is -2.47. The molecule has 2 bridgehead atoms. The maximum Gasteiger partial charge on any atom is 0.314 e. The molecule has 0 aromatic rings. The van der Waals surface area contributed by atoms with Crippen LogP contribution in [-0.4, -0.2) is 36.9 Å². The van der Waals surface area contributed by atoms with Gasteiger partial charge in [0.15, 0.2) is 0 Å². The van der Waals surface area contributed by atoms with E-state index in [0.29, 0.717) is 6.61 Å². The standard InChI is InChI=1S/C15H22O5/c1-13(2,3)11(16)19-8-15-6-5-10(20-15)14(4)9(15)7-18-12(14)17/h9-10H,5-8H2,1-4H3/t9-,10-,14-,15-/m1/s1. The van der Waals surface area contributed by atoms with Crippen LogP contribution in [0, 0.1) is 16.7 Å². The molecule has 3 rings (SSSR count). The number of carbonyl (C=O) groups excluding carboxylic acids is 2. The summed E-state index contributed by atoms with van der Waals surface area (Å²) < 4.78 is 16.8. The van der Waals surface area contributed by atoms with Crippen LogP contribution in [0.3, 0.4) is 0 Å². The largest absolute Gasteiger partial charge is 0.465 e. The zero-order valence-corrected chi connectivity index (χ0v) is 12.5. The SMILES string of the molecule is CC(C)(C)C(=O)OC[C@@]12CC[C@@H](O1)[C@]1(C)C(=O)OC[C@@H]21. The molecular weight excluding hydrogens is 260 g/mol. The minimum Gasteiger partial charge on any atom is -0.465 e. The molecule has 0 radical (unpaired) electrons. The normalized spacial score (nSPS) is 42.5. The van der Waals surface area contributed by atoms with Crippen molar-refractivity contribution in [2.45, 2.75) is 52.2 Å². The van der Waals surface area contributed by atoms with Crippen LogP contribution in [0.1, 0.15) is 40.5 Å². The molecule has 0 aliphatic carbocycles. The summed E-state index contributed by atoms with van der Waals surface area (Å²) in [6, 6.07) is 0. The van der Waals surface area contributed by atoms with Crippen molar-refractivity contribution in [1.29, 1.82) is 0 Å². The predicted octanol–water partition coefficient (Wildman–Crippen LogP) is 1.69. The average Bonchev–Trinajstić information content (AvgIpc) is 2.97. The van der Waals surface area contributed by atoms with Crippen molar-refractivity contribution in [3.63, 3.8) is 0 Å². The van der Waals surface area contributed by atoms with Crippen LogP contribution in [0.4, 0.5) is 0 Å². The smallest absolute Gasteiger partial charge is 0.314 e. The first-order valence-electron chi connectivity index (χ1n) is 7.22. The summed E-state index contributed by atoms with van der Waals surface area (Å²) in [5, 5.41) is 0. The molecular formula is C15H22O5. The third-order valence-corrected chi connectivity index (χ3v) is 5.12. The fourth-order valence-corrected chi connectivity index (χ4v) is 3.75. The van der Waals surface area contributed by atoms with E-state index < -0.39 is 16.4 Å². The molecule has 0 N–H and O–H groups in total. The predicted molar refractivity (Wildman–Crippen MR) is 69.8 cm³/mol. The van der Waals surface area contributed by atoms with Crippen molar-refractivity contribution in [2.24, 2.45) is 16.7 Å². The number of ether oxygens (including phenoxy) is 3. The minimum absolute atomic E-state index is 0.00554.